The molecule has 3 rings (SSSR count). The Morgan fingerprint density at radius 3 is 2.57 bits per heavy atom. The molecular formula is C17H29N3O. The van der Waals surface area contributed by atoms with Crippen LogP contribution in [0.15, 0.2) is 4.52 Å². The highest BCUT2D eigenvalue weighted by Gasteiger charge is 2.35. The lowest BCUT2D eigenvalue weighted by molar-refractivity contribution is 0.205. The molecule has 1 saturated heterocycles. The Balaban J connectivity index is 1.65. The van der Waals surface area contributed by atoms with Crippen molar-refractivity contribution in [3.8, 4) is 0 Å². The number of nitrogens with zero attached hydrogens (tertiary/aromatic N) is 2. The first-order valence-electron chi connectivity index (χ1n) is 8.67. The van der Waals surface area contributed by atoms with Crippen molar-refractivity contribution in [3.05, 3.63) is 11.7 Å². The van der Waals surface area contributed by atoms with Crippen LogP contribution < -0.4 is 5.32 Å². The molecule has 0 amide bonds. The molecule has 0 aromatic carbocycles. The van der Waals surface area contributed by atoms with E-state index in [9.17, 15) is 0 Å². The number of hydrogen-bond acceptors (Lipinski definition) is 4. The van der Waals surface area contributed by atoms with E-state index in [1.54, 1.807) is 0 Å². The average Bonchev–Trinajstić information content (AvgIpc) is 2.99. The van der Waals surface area contributed by atoms with Crippen molar-refractivity contribution in [1.82, 2.24) is 15.5 Å². The highest BCUT2D eigenvalue weighted by molar-refractivity contribution is 5.06. The maximum atomic E-state index is 5.61. The van der Waals surface area contributed by atoms with Gasteiger partial charge in [0.15, 0.2) is 5.82 Å². The second-order valence-electron chi connectivity index (χ2n) is 7.53. The van der Waals surface area contributed by atoms with E-state index in [2.05, 4.69) is 31.2 Å². The van der Waals surface area contributed by atoms with Crippen molar-refractivity contribution in [2.75, 3.05) is 6.54 Å². The minimum Gasteiger partial charge on any atom is -0.337 e. The topological polar surface area (TPSA) is 51.0 Å². The summed E-state index contributed by atoms with van der Waals surface area (Å²) in [5.74, 6) is 3.93. The minimum atomic E-state index is -0.112. The Labute approximate surface area is 128 Å². The largest absolute Gasteiger partial charge is 0.337 e. The molecule has 1 saturated carbocycles. The second kappa shape index (κ2) is 6.07. The van der Waals surface area contributed by atoms with Crippen molar-refractivity contribution < 1.29 is 4.52 Å². The van der Waals surface area contributed by atoms with Gasteiger partial charge in [-0.3, -0.25) is 0 Å². The fraction of sp³-hybridized carbons (Fsp3) is 0.882. The summed E-state index contributed by atoms with van der Waals surface area (Å²) in [5.41, 5.74) is -0.112. The third-order valence-corrected chi connectivity index (χ3v) is 5.61. The van der Waals surface area contributed by atoms with Gasteiger partial charge in [-0.15, -0.1) is 0 Å². The molecule has 1 aliphatic carbocycles. The highest BCUT2D eigenvalue weighted by Crippen LogP contribution is 2.38. The number of piperidine rings is 1. The van der Waals surface area contributed by atoms with Crippen LogP contribution in [0.1, 0.15) is 83.3 Å². The van der Waals surface area contributed by atoms with Crippen LogP contribution in [0.3, 0.4) is 0 Å². The molecule has 4 nitrogen and oxygen atoms in total. The second-order valence-corrected chi connectivity index (χ2v) is 7.53. The van der Waals surface area contributed by atoms with Gasteiger partial charge >= 0.3 is 0 Å². The Hall–Kier alpha value is -0.900. The molecule has 4 heteroatoms. The fourth-order valence-electron chi connectivity index (χ4n) is 3.91. The summed E-state index contributed by atoms with van der Waals surface area (Å²) < 4.78 is 5.61. The SMILES string of the molecule is CC(C)C1CCC(c2noc(C3(C)CCCCN3)n2)CC1. The van der Waals surface area contributed by atoms with Gasteiger partial charge in [0.2, 0.25) is 5.89 Å². The summed E-state index contributed by atoms with van der Waals surface area (Å²) in [4.78, 5) is 4.76. The molecule has 0 bridgehead atoms. The smallest absolute Gasteiger partial charge is 0.246 e. The summed E-state index contributed by atoms with van der Waals surface area (Å²) >= 11 is 0. The number of nitrogens with one attached hydrogen (secondary N) is 1. The zero-order chi connectivity index (χ0) is 14.9. The van der Waals surface area contributed by atoms with Gasteiger partial charge in [0.05, 0.1) is 5.54 Å². The van der Waals surface area contributed by atoms with Crippen LogP contribution in [-0.2, 0) is 5.54 Å². The zero-order valence-electron chi connectivity index (χ0n) is 13.7. The minimum absolute atomic E-state index is 0.112. The lowest BCUT2D eigenvalue weighted by Gasteiger charge is -2.31. The third kappa shape index (κ3) is 3.15. The summed E-state index contributed by atoms with van der Waals surface area (Å²) in [7, 11) is 0. The molecule has 1 unspecified atom stereocenters. The molecule has 1 aromatic rings. The first kappa shape index (κ1) is 15.0. The molecule has 1 aromatic heterocycles. The number of rotatable bonds is 3. The zero-order valence-corrected chi connectivity index (χ0v) is 13.7. The predicted molar refractivity (Wildman–Crippen MR) is 83.0 cm³/mol. The van der Waals surface area contributed by atoms with E-state index in [0.717, 1.165) is 36.5 Å². The first-order chi connectivity index (χ1) is 10.1. The maximum absolute atomic E-state index is 5.61. The van der Waals surface area contributed by atoms with Crippen molar-refractivity contribution >= 4 is 0 Å². The van der Waals surface area contributed by atoms with Crippen LogP contribution in [0.25, 0.3) is 0 Å². The van der Waals surface area contributed by atoms with Crippen LogP contribution in [0.4, 0.5) is 0 Å². The fourth-order valence-corrected chi connectivity index (χ4v) is 3.91. The lowest BCUT2D eigenvalue weighted by atomic mass is 9.77. The van der Waals surface area contributed by atoms with Gasteiger partial charge in [-0.2, -0.15) is 4.98 Å². The Kier molecular flexibility index (Phi) is 4.34. The summed E-state index contributed by atoms with van der Waals surface area (Å²) in [6.07, 6.45) is 8.62. The summed E-state index contributed by atoms with van der Waals surface area (Å²) in [6, 6.07) is 0. The molecule has 1 aliphatic heterocycles. The molecule has 2 aliphatic rings. The normalized spacial score (nSPS) is 34.3. The van der Waals surface area contributed by atoms with Crippen molar-refractivity contribution in [3.63, 3.8) is 0 Å². The van der Waals surface area contributed by atoms with E-state index in [1.165, 1.54) is 38.5 Å². The van der Waals surface area contributed by atoms with E-state index in [0.29, 0.717) is 5.92 Å². The van der Waals surface area contributed by atoms with Crippen LogP contribution in [-0.4, -0.2) is 16.7 Å². The molecule has 0 spiro atoms. The number of aromatic nitrogens is 2. The standard InChI is InChI=1S/C17H29N3O/c1-12(2)13-6-8-14(9-7-13)15-19-16(21-20-15)17(3)10-4-5-11-18-17/h12-14,18H,4-11H2,1-3H3. The van der Waals surface area contributed by atoms with Gasteiger partial charge in [0.25, 0.3) is 0 Å². The maximum Gasteiger partial charge on any atom is 0.246 e. The van der Waals surface area contributed by atoms with Crippen LogP contribution in [0, 0.1) is 11.8 Å². The molecule has 1 N–H and O–H groups in total. The van der Waals surface area contributed by atoms with E-state index in [4.69, 9.17) is 9.51 Å². The molecular weight excluding hydrogens is 262 g/mol. The Morgan fingerprint density at radius 1 is 1.19 bits per heavy atom. The molecule has 2 heterocycles. The van der Waals surface area contributed by atoms with Gasteiger partial charge < -0.3 is 9.84 Å². The number of hydrogen-bond donors (Lipinski definition) is 1. The molecule has 118 valence electrons. The van der Waals surface area contributed by atoms with E-state index < -0.39 is 0 Å². The summed E-state index contributed by atoms with van der Waals surface area (Å²) in [5, 5.41) is 7.86. The Morgan fingerprint density at radius 2 is 1.95 bits per heavy atom. The first-order valence-corrected chi connectivity index (χ1v) is 8.67. The van der Waals surface area contributed by atoms with E-state index in [-0.39, 0.29) is 5.54 Å². The monoisotopic (exact) mass is 291 g/mol. The van der Waals surface area contributed by atoms with Gasteiger partial charge in [0.1, 0.15) is 0 Å². The van der Waals surface area contributed by atoms with Crippen molar-refractivity contribution in [2.45, 2.75) is 77.2 Å². The van der Waals surface area contributed by atoms with Crippen molar-refractivity contribution in [2.24, 2.45) is 11.8 Å². The average molecular weight is 291 g/mol. The third-order valence-electron chi connectivity index (χ3n) is 5.61. The molecule has 2 fully saturated rings. The Bertz CT molecular complexity index is 454. The molecule has 1 atom stereocenters. The lowest BCUT2D eigenvalue weighted by Crippen LogP contribution is -2.43. The van der Waals surface area contributed by atoms with Gasteiger partial charge in [-0.25, -0.2) is 0 Å². The molecule has 21 heavy (non-hydrogen) atoms. The van der Waals surface area contributed by atoms with Crippen LogP contribution in [0.2, 0.25) is 0 Å². The summed E-state index contributed by atoms with van der Waals surface area (Å²) in [6.45, 7) is 7.92. The quantitative estimate of drug-likeness (QED) is 0.915. The highest BCUT2D eigenvalue weighted by atomic mass is 16.5. The van der Waals surface area contributed by atoms with Gasteiger partial charge in [0, 0.05) is 5.92 Å². The van der Waals surface area contributed by atoms with E-state index in [1.807, 2.05) is 0 Å². The van der Waals surface area contributed by atoms with Gasteiger partial charge in [-0.05, 0) is 70.3 Å². The molecule has 0 radical (unpaired) electrons. The van der Waals surface area contributed by atoms with Crippen molar-refractivity contribution in [1.29, 1.82) is 0 Å². The van der Waals surface area contributed by atoms with Crippen LogP contribution in [0.5, 0.6) is 0 Å². The van der Waals surface area contributed by atoms with Crippen LogP contribution >= 0.6 is 0 Å². The van der Waals surface area contributed by atoms with E-state index >= 15 is 0 Å². The van der Waals surface area contributed by atoms with Gasteiger partial charge in [-0.1, -0.05) is 19.0 Å². The predicted octanol–water partition coefficient (Wildman–Crippen LogP) is 3.99.